The van der Waals surface area contributed by atoms with Crippen LogP contribution in [0, 0.1) is 0 Å². The first-order chi connectivity index (χ1) is 13.8. The average molecular weight is 383 g/mol. The second-order valence-corrected chi connectivity index (χ2v) is 7.16. The van der Waals surface area contributed by atoms with Crippen molar-refractivity contribution in [2.75, 3.05) is 13.2 Å². The van der Waals surface area contributed by atoms with E-state index in [4.69, 9.17) is 9.84 Å². The van der Waals surface area contributed by atoms with Crippen molar-refractivity contribution in [3.05, 3.63) is 54.1 Å². The lowest BCUT2D eigenvalue weighted by molar-refractivity contribution is 0.273. The molecule has 0 spiro atoms. The molecule has 2 rings (SSSR count). The minimum atomic E-state index is 0.278. The van der Waals surface area contributed by atoms with Crippen molar-refractivity contribution in [3.8, 4) is 5.75 Å². The fourth-order valence-electron chi connectivity index (χ4n) is 2.97. The van der Waals surface area contributed by atoms with Gasteiger partial charge in [-0.1, -0.05) is 44.7 Å². The third-order valence-electron chi connectivity index (χ3n) is 4.69. The van der Waals surface area contributed by atoms with Gasteiger partial charge in [0.25, 0.3) is 0 Å². The number of nitrogens with zero attached hydrogens (tertiary/aromatic N) is 2. The summed E-state index contributed by atoms with van der Waals surface area (Å²) in [7, 11) is 0. The molecule has 1 N–H and O–H groups in total. The van der Waals surface area contributed by atoms with Gasteiger partial charge in [0.2, 0.25) is 0 Å². The van der Waals surface area contributed by atoms with Crippen LogP contribution in [-0.4, -0.2) is 18.3 Å². The van der Waals surface area contributed by atoms with E-state index in [2.05, 4.69) is 29.3 Å². The van der Waals surface area contributed by atoms with Crippen LogP contribution >= 0.6 is 0 Å². The van der Waals surface area contributed by atoms with E-state index in [-0.39, 0.29) is 6.61 Å². The van der Waals surface area contributed by atoms with E-state index in [1.54, 1.807) is 0 Å². The minimum absolute atomic E-state index is 0.278. The number of aliphatic hydroxyl groups excluding tert-OH is 1. The van der Waals surface area contributed by atoms with E-state index in [0.29, 0.717) is 6.61 Å². The molecule has 0 fully saturated rings. The Hall–Kier alpha value is -2.20. The molecule has 0 aliphatic carbocycles. The summed E-state index contributed by atoms with van der Waals surface area (Å²) in [6.45, 7) is 3.22. The van der Waals surface area contributed by atoms with Gasteiger partial charge in [-0.25, -0.2) is 0 Å². The van der Waals surface area contributed by atoms with Crippen LogP contribution in [0.4, 0.5) is 11.4 Å². The predicted molar refractivity (Wildman–Crippen MR) is 116 cm³/mol. The summed E-state index contributed by atoms with van der Waals surface area (Å²) in [4.78, 5) is 0. The molecule has 0 atom stereocenters. The van der Waals surface area contributed by atoms with Crippen LogP contribution in [0.15, 0.2) is 58.8 Å². The van der Waals surface area contributed by atoms with Crippen LogP contribution in [0.25, 0.3) is 0 Å². The second kappa shape index (κ2) is 13.9. The molecule has 4 nitrogen and oxygen atoms in total. The van der Waals surface area contributed by atoms with Crippen LogP contribution in [0.1, 0.15) is 63.9 Å². The summed E-state index contributed by atoms with van der Waals surface area (Å²) in [5, 5.41) is 17.4. The third-order valence-corrected chi connectivity index (χ3v) is 4.69. The van der Waals surface area contributed by atoms with Crippen molar-refractivity contribution in [1.82, 2.24) is 0 Å². The number of hydrogen-bond donors (Lipinski definition) is 1. The Morgan fingerprint density at radius 3 is 1.96 bits per heavy atom. The fraction of sp³-hybridized carbons (Fsp3) is 0.500. The lowest BCUT2D eigenvalue weighted by Crippen LogP contribution is -1.97. The largest absolute Gasteiger partial charge is 0.494 e. The molecule has 0 radical (unpaired) electrons. The average Bonchev–Trinajstić information content (AvgIpc) is 2.74. The summed E-state index contributed by atoms with van der Waals surface area (Å²) < 4.78 is 5.73. The van der Waals surface area contributed by atoms with Crippen LogP contribution in [-0.2, 0) is 6.42 Å². The summed E-state index contributed by atoms with van der Waals surface area (Å²) in [5.74, 6) is 0.855. The van der Waals surface area contributed by atoms with Gasteiger partial charge in [-0.3, -0.25) is 0 Å². The van der Waals surface area contributed by atoms with E-state index in [1.807, 2.05) is 36.4 Å². The first kappa shape index (κ1) is 22.1. The third kappa shape index (κ3) is 9.14. The van der Waals surface area contributed by atoms with Crippen molar-refractivity contribution in [1.29, 1.82) is 0 Å². The molecule has 0 aliphatic rings. The molecule has 0 bridgehead atoms. The molecule has 28 heavy (non-hydrogen) atoms. The molecule has 152 valence electrons. The van der Waals surface area contributed by atoms with Crippen molar-refractivity contribution in [3.63, 3.8) is 0 Å². The summed E-state index contributed by atoms with van der Waals surface area (Å²) in [6.07, 6.45) is 10.3. The number of hydrogen-bond acceptors (Lipinski definition) is 4. The molecule has 2 aromatic rings. The normalized spacial score (nSPS) is 11.2. The fourth-order valence-corrected chi connectivity index (χ4v) is 2.97. The Morgan fingerprint density at radius 1 is 0.714 bits per heavy atom. The highest BCUT2D eigenvalue weighted by Crippen LogP contribution is 2.22. The van der Waals surface area contributed by atoms with E-state index in [0.717, 1.165) is 49.2 Å². The maximum Gasteiger partial charge on any atom is 0.119 e. The highest BCUT2D eigenvalue weighted by atomic mass is 16.5. The molecule has 4 heteroatoms. The van der Waals surface area contributed by atoms with E-state index in [9.17, 15) is 0 Å². The molecule has 0 heterocycles. The van der Waals surface area contributed by atoms with Crippen LogP contribution in [0.5, 0.6) is 5.75 Å². The van der Waals surface area contributed by atoms with Gasteiger partial charge in [0.05, 0.1) is 18.0 Å². The van der Waals surface area contributed by atoms with Crippen molar-refractivity contribution < 1.29 is 9.84 Å². The Kier molecular flexibility index (Phi) is 11.0. The van der Waals surface area contributed by atoms with Gasteiger partial charge in [-0.05, 0) is 74.1 Å². The van der Waals surface area contributed by atoms with Crippen molar-refractivity contribution >= 4 is 11.4 Å². The van der Waals surface area contributed by atoms with Gasteiger partial charge < -0.3 is 9.84 Å². The number of azo groups is 1. The van der Waals surface area contributed by atoms with Gasteiger partial charge in [0.1, 0.15) is 5.75 Å². The van der Waals surface area contributed by atoms with Gasteiger partial charge >= 0.3 is 0 Å². The van der Waals surface area contributed by atoms with E-state index in [1.165, 1.54) is 31.2 Å². The first-order valence-corrected chi connectivity index (χ1v) is 10.7. The van der Waals surface area contributed by atoms with Crippen LogP contribution < -0.4 is 4.74 Å². The zero-order valence-corrected chi connectivity index (χ0v) is 17.1. The molecule has 0 aromatic heterocycles. The Labute approximate surface area is 169 Å². The smallest absolute Gasteiger partial charge is 0.119 e. The highest BCUT2D eigenvalue weighted by Gasteiger charge is 1.97. The Balaban J connectivity index is 1.73. The molecule has 0 aliphatic heterocycles. The summed E-state index contributed by atoms with van der Waals surface area (Å²) in [5.41, 5.74) is 3.06. The molecule has 0 saturated heterocycles. The predicted octanol–water partition coefficient (Wildman–Crippen LogP) is 7.16. The van der Waals surface area contributed by atoms with Gasteiger partial charge in [-0.2, -0.15) is 10.2 Å². The van der Waals surface area contributed by atoms with E-state index >= 15 is 0 Å². The van der Waals surface area contributed by atoms with Crippen LogP contribution in [0.3, 0.4) is 0 Å². The molecule has 2 aromatic carbocycles. The highest BCUT2D eigenvalue weighted by molar-refractivity contribution is 5.43. The standard InChI is InChI=1S/C24H34N2O2/c1-2-3-4-7-10-21-11-13-22(14-12-21)25-26-23-15-17-24(18-16-23)28-20-9-6-5-8-19-27/h11-18,27H,2-10,19-20H2,1H3/b26-25+. The quantitative estimate of drug-likeness (QED) is 0.278. The number of aliphatic hydroxyl groups is 1. The number of ether oxygens (including phenoxy) is 1. The van der Waals surface area contributed by atoms with Crippen LogP contribution in [0.2, 0.25) is 0 Å². The summed E-state index contributed by atoms with van der Waals surface area (Å²) >= 11 is 0. The first-order valence-electron chi connectivity index (χ1n) is 10.7. The number of rotatable bonds is 14. The SMILES string of the molecule is CCCCCCc1ccc(/N=N/c2ccc(OCCCCCCO)cc2)cc1. The van der Waals surface area contributed by atoms with E-state index < -0.39 is 0 Å². The Bertz CT molecular complexity index is 666. The Morgan fingerprint density at radius 2 is 1.32 bits per heavy atom. The van der Waals surface area contributed by atoms with Gasteiger partial charge in [0, 0.05) is 6.61 Å². The lowest BCUT2D eigenvalue weighted by Gasteiger charge is -2.06. The van der Waals surface area contributed by atoms with Gasteiger partial charge in [0.15, 0.2) is 0 Å². The zero-order valence-electron chi connectivity index (χ0n) is 17.1. The van der Waals surface area contributed by atoms with Crippen molar-refractivity contribution in [2.45, 2.75) is 64.7 Å². The molecular weight excluding hydrogens is 348 g/mol. The topological polar surface area (TPSA) is 54.2 Å². The van der Waals surface area contributed by atoms with Crippen molar-refractivity contribution in [2.24, 2.45) is 10.2 Å². The number of unbranched alkanes of at least 4 members (excludes halogenated alkanes) is 6. The zero-order chi connectivity index (χ0) is 19.9. The molecule has 0 saturated carbocycles. The summed E-state index contributed by atoms with van der Waals surface area (Å²) in [6, 6.07) is 16.1. The monoisotopic (exact) mass is 382 g/mol. The maximum absolute atomic E-state index is 8.76. The second-order valence-electron chi connectivity index (χ2n) is 7.16. The minimum Gasteiger partial charge on any atom is -0.494 e. The molecule has 0 unspecified atom stereocenters. The lowest BCUT2D eigenvalue weighted by atomic mass is 10.1. The number of aryl methyl sites for hydroxylation is 1. The number of benzene rings is 2. The molecule has 0 amide bonds. The maximum atomic E-state index is 8.76. The molecular formula is C24H34N2O2. The van der Waals surface area contributed by atoms with Gasteiger partial charge in [-0.15, -0.1) is 0 Å².